The average molecular weight is 523 g/mol. The molecule has 36 heavy (non-hydrogen) atoms. The number of hydrogen-bond donors (Lipinski definition) is 2. The van der Waals surface area contributed by atoms with Gasteiger partial charge in [0.05, 0.1) is 0 Å². The second-order valence-corrected chi connectivity index (χ2v) is 8.11. The molecule has 0 saturated carbocycles. The Hall–Kier alpha value is -3.42. The largest absolute Gasteiger partial charge is 0.431 e. The van der Waals surface area contributed by atoms with E-state index in [-0.39, 0.29) is 11.4 Å². The zero-order valence-electron chi connectivity index (χ0n) is 18.9. The first-order valence-corrected chi connectivity index (χ1v) is 10.4. The van der Waals surface area contributed by atoms with Crippen LogP contribution in [0.4, 0.5) is 36.4 Å². The summed E-state index contributed by atoms with van der Waals surface area (Å²) in [6, 6.07) is 3.66. The number of ether oxygens (including phenoxy) is 2. The van der Waals surface area contributed by atoms with Gasteiger partial charge in [-0.15, -0.1) is 0 Å². The summed E-state index contributed by atoms with van der Waals surface area (Å²) in [6.07, 6.45) is -5.89. The summed E-state index contributed by atoms with van der Waals surface area (Å²) in [6.45, 7) is -1.95. The highest BCUT2D eigenvalue weighted by Crippen LogP contribution is 2.55. The first-order chi connectivity index (χ1) is 16.7. The fourth-order valence-electron chi connectivity index (χ4n) is 4.02. The van der Waals surface area contributed by atoms with Gasteiger partial charge in [-0.3, -0.25) is 14.6 Å². The zero-order chi connectivity index (χ0) is 27.0. The quantitative estimate of drug-likeness (QED) is 0.548. The zero-order valence-corrected chi connectivity index (χ0v) is 18.9. The van der Waals surface area contributed by atoms with Gasteiger partial charge in [0.1, 0.15) is 11.8 Å². The molecule has 196 valence electrons. The van der Waals surface area contributed by atoms with E-state index in [1.165, 1.54) is 13.1 Å². The van der Waals surface area contributed by atoms with Crippen molar-refractivity contribution in [1.82, 2.24) is 10.3 Å². The van der Waals surface area contributed by atoms with E-state index >= 15 is 0 Å². The molecule has 0 spiro atoms. The van der Waals surface area contributed by atoms with Crippen LogP contribution >= 0.6 is 0 Å². The smallest absolute Gasteiger partial charge is 0.417 e. The fraction of sp³-hybridized carbons (Fsp3) is 0.409. The maximum atomic E-state index is 14.4. The Morgan fingerprint density at radius 2 is 1.86 bits per heavy atom. The van der Waals surface area contributed by atoms with E-state index < -0.39 is 71.1 Å². The van der Waals surface area contributed by atoms with E-state index in [4.69, 9.17) is 4.74 Å². The standard InChI is InChI=1S/C22H20F7N3O4/c1-9-14(11-4-5-12(23)15(24)16(11)35-20(25)26)17(36-21(9,2)22(27,28)29)19(34)32-10-6-7-31-13(8-10)18(33)30-3/h4-9,14,17,20H,1-3H3,(H,30,33)(H,31,32,34)/t9-,14+,17-,21+/m1/s1. The van der Waals surface area contributed by atoms with E-state index in [1.807, 2.05) is 0 Å². The number of alkyl halides is 5. The summed E-state index contributed by atoms with van der Waals surface area (Å²) in [5.74, 6) is -9.89. The van der Waals surface area contributed by atoms with Crippen molar-refractivity contribution in [3.63, 3.8) is 0 Å². The van der Waals surface area contributed by atoms with Gasteiger partial charge in [-0.05, 0) is 25.1 Å². The molecule has 0 unspecified atom stereocenters. The minimum atomic E-state index is -5.04. The highest BCUT2D eigenvalue weighted by molar-refractivity contribution is 5.97. The van der Waals surface area contributed by atoms with Crippen molar-refractivity contribution in [2.24, 2.45) is 5.92 Å². The predicted octanol–water partition coefficient (Wildman–Crippen LogP) is 4.40. The lowest BCUT2D eigenvalue weighted by Gasteiger charge is -2.32. The highest BCUT2D eigenvalue weighted by atomic mass is 19.4. The van der Waals surface area contributed by atoms with Gasteiger partial charge in [0.2, 0.25) is 5.82 Å². The number of benzene rings is 1. The minimum Gasteiger partial charge on any atom is -0.431 e. The lowest BCUT2D eigenvalue weighted by Crippen LogP contribution is -2.47. The maximum Gasteiger partial charge on any atom is 0.417 e. The monoisotopic (exact) mass is 523 g/mol. The van der Waals surface area contributed by atoms with Crippen LogP contribution in [-0.2, 0) is 9.53 Å². The molecule has 4 atom stereocenters. The number of anilines is 1. The van der Waals surface area contributed by atoms with Gasteiger partial charge >= 0.3 is 12.8 Å². The molecular formula is C22H20F7N3O4. The molecule has 2 aromatic rings. The molecule has 0 radical (unpaired) electrons. The Morgan fingerprint density at radius 3 is 2.44 bits per heavy atom. The van der Waals surface area contributed by atoms with Gasteiger partial charge in [0, 0.05) is 36.3 Å². The summed E-state index contributed by atoms with van der Waals surface area (Å²) in [7, 11) is 1.33. The summed E-state index contributed by atoms with van der Waals surface area (Å²) < 4.78 is 105. The van der Waals surface area contributed by atoms with E-state index in [1.54, 1.807) is 0 Å². The van der Waals surface area contributed by atoms with Crippen molar-refractivity contribution in [3.8, 4) is 5.75 Å². The third-order valence-electron chi connectivity index (χ3n) is 6.06. The van der Waals surface area contributed by atoms with Crippen molar-refractivity contribution in [1.29, 1.82) is 0 Å². The second-order valence-electron chi connectivity index (χ2n) is 8.11. The molecule has 2 amide bonds. The van der Waals surface area contributed by atoms with E-state index in [0.717, 1.165) is 25.3 Å². The van der Waals surface area contributed by atoms with Crippen LogP contribution in [0.2, 0.25) is 0 Å². The van der Waals surface area contributed by atoms with Crippen molar-refractivity contribution in [2.45, 2.75) is 44.3 Å². The number of rotatable bonds is 6. The topological polar surface area (TPSA) is 89.6 Å². The van der Waals surface area contributed by atoms with E-state index in [2.05, 4.69) is 20.4 Å². The van der Waals surface area contributed by atoms with Gasteiger partial charge in [-0.2, -0.15) is 26.3 Å². The lowest BCUT2D eigenvalue weighted by atomic mass is 9.77. The number of nitrogens with zero attached hydrogens (tertiary/aromatic N) is 1. The molecule has 0 aliphatic carbocycles. The Kier molecular flexibility index (Phi) is 7.48. The van der Waals surface area contributed by atoms with Crippen molar-refractivity contribution in [2.75, 3.05) is 12.4 Å². The van der Waals surface area contributed by atoms with Crippen LogP contribution in [0.1, 0.15) is 35.8 Å². The summed E-state index contributed by atoms with van der Waals surface area (Å²) in [5, 5.41) is 4.60. The van der Waals surface area contributed by atoms with Gasteiger partial charge in [0.15, 0.2) is 17.2 Å². The average Bonchev–Trinajstić information content (AvgIpc) is 3.08. The molecule has 2 heterocycles. The summed E-state index contributed by atoms with van der Waals surface area (Å²) in [5.41, 5.74) is -3.76. The van der Waals surface area contributed by atoms with Crippen LogP contribution in [0, 0.1) is 17.6 Å². The number of carbonyl (C=O) groups excluding carboxylic acids is 2. The van der Waals surface area contributed by atoms with Crippen molar-refractivity contribution < 1.29 is 49.8 Å². The summed E-state index contributed by atoms with van der Waals surface area (Å²) in [4.78, 5) is 28.7. The van der Waals surface area contributed by atoms with Gasteiger partial charge in [0.25, 0.3) is 11.8 Å². The normalized spacial score (nSPS) is 24.0. The van der Waals surface area contributed by atoms with Gasteiger partial charge < -0.3 is 20.1 Å². The minimum absolute atomic E-state index is 0.0430. The number of pyridine rings is 1. The Bertz CT molecular complexity index is 1160. The maximum absolute atomic E-state index is 14.4. The lowest BCUT2D eigenvalue weighted by molar-refractivity contribution is -0.272. The predicted molar refractivity (Wildman–Crippen MR) is 110 cm³/mol. The molecule has 1 saturated heterocycles. The first-order valence-electron chi connectivity index (χ1n) is 10.4. The molecule has 1 aromatic heterocycles. The third-order valence-corrected chi connectivity index (χ3v) is 6.06. The molecule has 7 nitrogen and oxygen atoms in total. The number of aromatic nitrogens is 1. The van der Waals surface area contributed by atoms with Crippen LogP contribution < -0.4 is 15.4 Å². The Labute approximate surface area is 200 Å². The van der Waals surface area contributed by atoms with E-state index in [0.29, 0.717) is 13.0 Å². The Morgan fingerprint density at radius 1 is 1.19 bits per heavy atom. The van der Waals surface area contributed by atoms with Gasteiger partial charge in [-0.1, -0.05) is 13.0 Å². The van der Waals surface area contributed by atoms with Crippen molar-refractivity contribution in [3.05, 3.63) is 53.4 Å². The summed E-state index contributed by atoms with van der Waals surface area (Å²) >= 11 is 0. The highest BCUT2D eigenvalue weighted by Gasteiger charge is 2.66. The molecule has 1 fully saturated rings. The van der Waals surface area contributed by atoms with Crippen LogP contribution in [-0.4, -0.2) is 48.3 Å². The molecular weight excluding hydrogens is 503 g/mol. The van der Waals surface area contributed by atoms with Crippen LogP contribution in [0.5, 0.6) is 5.75 Å². The number of amides is 2. The van der Waals surface area contributed by atoms with Crippen molar-refractivity contribution >= 4 is 17.5 Å². The van der Waals surface area contributed by atoms with Gasteiger partial charge in [-0.25, -0.2) is 4.39 Å². The number of halogens is 7. The molecule has 1 aromatic carbocycles. The fourth-order valence-corrected chi connectivity index (χ4v) is 4.02. The molecule has 14 heteroatoms. The Balaban J connectivity index is 2.09. The van der Waals surface area contributed by atoms with Crippen LogP contribution in [0.3, 0.4) is 0 Å². The molecule has 1 aliphatic rings. The molecule has 3 rings (SSSR count). The first kappa shape index (κ1) is 27.2. The van der Waals surface area contributed by atoms with E-state index in [9.17, 15) is 40.3 Å². The SMILES string of the molecule is CNC(=O)c1cc(NC(=O)[C@@H]2O[C@](C)(C(F)(F)F)[C@H](C)[C@H]2c2ccc(F)c(F)c2OC(F)F)ccn1. The second kappa shape index (κ2) is 9.91. The third kappa shape index (κ3) is 4.94. The van der Waals surface area contributed by atoms with Crippen LogP contribution in [0.15, 0.2) is 30.5 Å². The number of nitrogens with one attached hydrogen (secondary N) is 2. The molecule has 1 aliphatic heterocycles. The number of carbonyl (C=O) groups is 2. The molecule has 2 N–H and O–H groups in total. The van der Waals surface area contributed by atoms with Crippen LogP contribution in [0.25, 0.3) is 0 Å². The number of hydrogen-bond acceptors (Lipinski definition) is 5. The molecule has 0 bridgehead atoms.